The standard InChI is InChI=1S/C25H17BrF3N7O2/c26-16-7-8-18(17(12-16)23-33-35-36-34-23)32-24(38)20-11-14-4-2-6-19(22(14)31-20)30-21(37)10-13-3-1-5-15(9-13)25(27,28)29/h1-9,11-12,31H,10H2,(H,30,37)(H,32,38)(H,33,34,35,36). The summed E-state index contributed by atoms with van der Waals surface area (Å²) in [6, 6.07) is 16.5. The van der Waals surface area contributed by atoms with Crippen molar-refractivity contribution in [1.29, 1.82) is 0 Å². The van der Waals surface area contributed by atoms with Crippen molar-refractivity contribution in [1.82, 2.24) is 25.6 Å². The number of nitrogens with zero attached hydrogens (tertiary/aromatic N) is 3. The number of aromatic amines is 2. The maximum Gasteiger partial charge on any atom is 0.416 e. The van der Waals surface area contributed by atoms with Crippen molar-refractivity contribution >= 4 is 50.0 Å². The largest absolute Gasteiger partial charge is 0.416 e. The number of amides is 2. The first kappa shape index (κ1) is 25.1. The zero-order chi connectivity index (χ0) is 26.9. The van der Waals surface area contributed by atoms with E-state index in [0.29, 0.717) is 33.7 Å². The number of hydrogen-bond acceptors (Lipinski definition) is 5. The summed E-state index contributed by atoms with van der Waals surface area (Å²) >= 11 is 3.39. The van der Waals surface area contributed by atoms with E-state index in [9.17, 15) is 22.8 Å². The number of halogens is 4. The van der Waals surface area contributed by atoms with E-state index < -0.39 is 23.6 Å². The van der Waals surface area contributed by atoms with Crippen molar-refractivity contribution in [3.63, 3.8) is 0 Å². The molecule has 3 aromatic carbocycles. The van der Waals surface area contributed by atoms with Gasteiger partial charge in [-0.1, -0.05) is 46.3 Å². The van der Waals surface area contributed by atoms with Crippen LogP contribution >= 0.6 is 15.9 Å². The van der Waals surface area contributed by atoms with Gasteiger partial charge in [-0.05, 0) is 52.4 Å². The summed E-state index contributed by atoms with van der Waals surface area (Å²) < 4.78 is 39.7. The van der Waals surface area contributed by atoms with Crippen LogP contribution in [-0.2, 0) is 17.4 Å². The van der Waals surface area contributed by atoms with Crippen LogP contribution in [-0.4, -0.2) is 37.4 Å². The predicted molar refractivity (Wildman–Crippen MR) is 137 cm³/mol. The van der Waals surface area contributed by atoms with Crippen LogP contribution in [0.25, 0.3) is 22.3 Å². The predicted octanol–water partition coefficient (Wildman–Crippen LogP) is 5.56. The Labute approximate surface area is 221 Å². The highest BCUT2D eigenvalue weighted by Crippen LogP contribution is 2.31. The summed E-state index contributed by atoms with van der Waals surface area (Å²) in [6.07, 6.45) is -4.75. The molecule has 4 N–H and O–H groups in total. The fourth-order valence-electron chi connectivity index (χ4n) is 3.90. The molecule has 0 aliphatic carbocycles. The van der Waals surface area contributed by atoms with Gasteiger partial charge in [0.05, 0.1) is 28.9 Å². The van der Waals surface area contributed by atoms with Crippen molar-refractivity contribution in [2.45, 2.75) is 12.6 Å². The molecule has 0 saturated heterocycles. The number of benzene rings is 3. The minimum absolute atomic E-state index is 0.225. The first-order chi connectivity index (χ1) is 18.2. The Hall–Kier alpha value is -4.52. The molecule has 13 heteroatoms. The molecule has 0 fully saturated rings. The summed E-state index contributed by atoms with van der Waals surface area (Å²) in [6.45, 7) is 0. The second-order valence-corrected chi connectivity index (χ2v) is 9.19. The molecule has 9 nitrogen and oxygen atoms in total. The number of hydrogen-bond donors (Lipinski definition) is 4. The highest BCUT2D eigenvalue weighted by molar-refractivity contribution is 9.10. The van der Waals surface area contributed by atoms with Crippen LogP contribution in [0.3, 0.4) is 0 Å². The van der Waals surface area contributed by atoms with E-state index in [2.05, 4.69) is 52.2 Å². The van der Waals surface area contributed by atoms with E-state index in [1.54, 1.807) is 42.5 Å². The molecule has 0 saturated carbocycles. The Morgan fingerprint density at radius 3 is 2.53 bits per heavy atom. The highest BCUT2D eigenvalue weighted by Gasteiger charge is 2.30. The van der Waals surface area contributed by atoms with Gasteiger partial charge in [-0.3, -0.25) is 9.59 Å². The first-order valence-electron chi connectivity index (χ1n) is 11.1. The molecule has 0 spiro atoms. The molecular weight excluding hydrogens is 567 g/mol. The molecule has 2 amide bonds. The number of alkyl halides is 3. The van der Waals surface area contributed by atoms with Crippen molar-refractivity contribution in [2.75, 3.05) is 10.6 Å². The van der Waals surface area contributed by atoms with Crippen LogP contribution in [0, 0.1) is 0 Å². The van der Waals surface area contributed by atoms with Crippen LogP contribution in [0.4, 0.5) is 24.5 Å². The van der Waals surface area contributed by atoms with Gasteiger partial charge in [0.2, 0.25) is 5.91 Å². The maximum absolute atomic E-state index is 13.1. The molecule has 0 unspecified atom stereocenters. The van der Waals surface area contributed by atoms with Gasteiger partial charge in [-0.2, -0.15) is 13.2 Å². The number of carbonyl (C=O) groups is 2. The molecule has 192 valence electrons. The summed E-state index contributed by atoms with van der Waals surface area (Å²) in [5.41, 5.74) is 1.54. The van der Waals surface area contributed by atoms with Gasteiger partial charge in [0, 0.05) is 15.4 Å². The van der Waals surface area contributed by atoms with Crippen molar-refractivity contribution in [3.05, 3.63) is 88.0 Å². The number of aromatic nitrogens is 5. The van der Waals surface area contributed by atoms with E-state index in [4.69, 9.17) is 0 Å². The maximum atomic E-state index is 13.1. The summed E-state index contributed by atoms with van der Waals surface area (Å²) in [4.78, 5) is 28.7. The minimum atomic E-state index is -4.50. The van der Waals surface area contributed by atoms with Gasteiger partial charge in [-0.25, -0.2) is 5.10 Å². The van der Waals surface area contributed by atoms with E-state index >= 15 is 0 Å². The minimum Gasteiger partial charge on any atom is -0.349 e. The molecule has 0 aliphatic heterocycles. The molecule has 38 heavy (non-hydrogen) atoms. The Bertz CT molecular complexity index is 1650. The summed E-state index contributed by atoms with van der Waals surface area (Å²) in [7, 11) is 0. The smallest absolute Gasteiger partial charge is 0.349 e. The third-order valence-electron chi connectivity index (χ3n) is 5.62. The lowest BCUT2D eigenvalue weighted by Crippen LogP contribution is -2.15. The van der Waals surface area contributed by atoms with Crippen molar-refractivity contribution < 1.29 is 22.8 Å². The Morgan fingerprint density at radius 2 is 1.76 bits per heavy atom. The molecular formula is C25H17BrF3N7O2. The zero-order valence-electron chi connectivity index (χ0n) is 19.2. The molecule has 0 radical (unpaired) electrons. The monoisotopic (exact) mass is 583 g/mol. The highest BCUT2D eigenvalue weighted by atomic mass is 79.9. The third-order valence-corrected chi connectivity index (χ3v) is 6.12. The van der Waals surface area contributed by atoms with Crippen LogP contribution in [0.2, 0.25) is 0 Å². The second kappa shape index (κ2) is 10.1. The molecule has 0 aliphatic rings. The van der Waals surface area contributed by atoms with E-state index in [0.717, 1.165) is 16.6 Å². The Balaban J connectivity index is 1.35. The summed E-state index contributed by atoms with van der Waals surface area (Å²) in [5, 5.41) is 19.9. The molecule has 2 heterocycles. The number of H-pyrrole nitrogens is 2. The Kier molecular flexibility index (Phi) is 6.68. The number of fused-ring (bicyclic) bond motifs is 1. The average molecular weight is 584 g/mol. The van der Waals surface area contributed by atoms with Gasteiger partial charge < -0.3 is 15.6 Å². The van der Waals surface area contributed by atoms with Crippen LogP contribution in [0.5, 0.6) is 0 Å². The van der Waals surface area contributed by atoms with Gasteiger partial charge >= 0.3 is 6.18 Å². The molecule has 2 aromatic heterocycles. The molecule has 5 aromatic rings. The van der Waals surface area contributed by atoms with Crippen molar-refractivity contribution in [3.8, 4) is 11.4 Å². The number of para-hydroxylation sites is 1. The molecule has 5 rings (SSSR count). The number of tetrazole rings is 1. The van der Waals surface area contributed by atoms with E-state index in [-0.39, 0.29) is 17.7 Å². The van der Waals surface area contributed by atoms with E-state index in [1.807, 2.05) is 0 Å². The lowest BCUT2D eigenvalue weighted by atomic mass is 10.1. The normalized spacial score (nSPS) is 11.5. The van der Waals surface area contributed by atoms with Crippen LogP contribution in [0.1, 0.15) is 21.6 Å². The number of anilines is 2. The van der Waals surface area contributed by atoms with Gasteiger partial charge in [0.15, 0.2) is 5.82 Å². The topological polar surface area (TPSA) is 128 Å². The quantitative estimate of drug-likeness (QED) is 0.208. The fourth-order valence-corrected chi connectivity index (χ4v) is 4.27. The fraction of sp³-hybridized carbons (Fsp3) is 0.0800. The van der Waals surface area contributed by atoms with Gasteiger partial charge in [-0.15, -0.1) is 5.10 Å². The molecule has 0 atom stereocenters. The number of nitrogens with one attached hydrogen (secondary N) is 4. The van der Waals surface area contributed by atoms with Gasteiger partial charge in [0.25, 0.3) is 5.91 Å². The lowest BCUT2D eigenvalue weighted by molar-refractivity contribution is -0.137. The second-order valence-electron chi connectivity index (χ2n) is 8.27. The first-order valence-corrected chi connectivity index (χ1v) is 11.9. The number of carbonyl (C=O) groups excluding carboxylic acids is 2. The lowest BCUT2D eigenvalue weighted by Gasteiger charge is -2.10. The Morgan fingerprint density at radius 1 is 0.947 bits per heavy atom. The van der Waals surface area contributed by atoms with E-state index in [1.165, 1.54) is 12.1 Å². The SMILES string of the molecule is O=C(Cc1cccc(C(F)(F)F)c1)Nc1cccc2cc(C(=O)Nc3ccc(Br)cc3-c3nnn[nH]3)[nH]c12. The molecule has 0 bridgehead atoms. The summed E-state index contributed by atoms with van der Waals surface area (Å²) in [5.74, 6) is -0.583. The van der Waals surface area contributed by atoms with Gasteiger partial charge in [0.1, 0.15) is 5.69 Å². The van der Waals surface area contributed by atoms with Crippen LogP contribution < -0.4 is 10.6 Å². The number of rotatable bonds is 6. The van der Waals surface area contributed by atoms with Crippen molar-refractivity contribution in [2.24, 2.45) is 0 Å². The zero-order valence-corrected chi connectivity index (χ0v) is 20.8. The third kappa shape index (κ3) is 5.42. The van der Waals surface area contributed by atoms with Crippen LogP contribution in [0.15, 0.2) is 71.2 Å². The average Bonchev–Trinajstić information content (AvgIpc) is 3.56.